The molecule has 1 N–H and O–H groups in total. The second-order valence-electron chi connectivity index (χ2n) is 7.62. The fourth-order valence-corrected chi connectivity index (χ4v) is 4.31. The van der Waals surface area contributed by atoms with Crippen LogP contribution < -0.4 is 0 Å². The summed E-state index contributed by atoms with van der Waals surface area (Å²) in [7, 11) is 0. The van der Waals surface area contributed by atoms with Gasteiger partial charge >= 0.3 is 5.97 Å². The van der Waals surface area contributed by atoms with Crippen molar-refractivity contribution in [1.29, 1.82) is 0 Å². The largest absolute Gasteiger partial charge is 0.480 e. The van der Waals surface area contributed by atoms with Crippen LogP contribution in [-0.2, 0) is 25.6 Å². The molecular formula is C20H25NO5. The number of carbonyl (C=O) groups is 2. The summed E-state index contributed by atoms with van der Waals surface area (Å²) in [5.41, 5.74) is -0.202. The van der Waals surface area contributed by atoms with Crippen molar-refractivity contribution in [3.8, 4) is 0 Å². The zero-order valence-corrected chi connectivity index (χ0v) is 14.8. The van der Waals surface area contributed by atoms with Crippen LogP contribution >= 0.6 is 0 Å². The molecule has 4 unspecified atom stereocenters. The zero-order valence-electron chi connectivity index (χ0n) is 14.8. The number of carboxylic acids is 1. The molecular weight excluding hydrogens is 334 g/mol. The second-order valence-corrected chi connectivity index (χ2v) is 7.62. The second kappa shape index (κ2) is 7.00. The van der Waals surface area contributed by atoms with E-state index in [1.807, 2.05) is 30.3 Å². The van der Waals surface area contributed by atoms with Gasteiger partial charge in [-0.1, -0.05) is 30.3 Å². The number of ether oxygens (including phenoxy) is 2. The molecule has 1 saturated carbocycles. The highest BCUT2D eigenvalue weighted by molar-refractivity contribution is 6.06. The molecule has 2 heterocycles. The van der Waals surface area contributed by atoms with Crippen LogP contribution in [0.4, 0.5) is 0 Å². The van der Waals surface area contributed by atoms with Crippen LogP contribution in [0.5, 0.6) is 0 Å². The molecule has 1 amide bonds. The number of piperidine rings is 1. The average Bonchev–Trinajstić information content (AvgIpc) is 3.40. The van der Waals surface area contributed by atoms with E-state index in [-0.39, 0.29) is 24.2 Å². The Morgan fingerprint density at radius 3 is 2.81 bits per heavy atom. The van der Waals surface area contributed by atoms with E-state index in [1.165, 1.54) is 0 Å². The highest BCUT2D eigenvalue weighted by Gasteiger charge is 2.70. The summed E-state index contributed by atoms with van der Waals surface area (Å²) >= 11 is 0. The molecule has 26 heavy (non-hydrogen) atoms. The van der Waals surface area contributed by atoms with E-state index >= 15 is 0 Å². The van der Waals surface area contributed by atoms with Crippen molar-refractivity contribution in [1.82, 2.24) is 4.90 Å². The van der Waals surface area contributed by atoms with Gasteiger partial charge in [-0.3, -0.25) is 9.59 Å². The van der Waals surface area contributed by atoms with Crippen molar-refractivity contribution in [3.05, 3.63) is 35.9 Å². The van der Waals surface area contributed by atoms with Crippen molar-refractivity contribution in [2.75, 3.05) is 13.2 Å². The molecule has 1 aromatic rings. The molecule has 4 atom stereocenters. The van der Waals surface area contributed by atoms with Crippen LogP contribution in [0.15, 0.2) is 30.3 Å². The van der Waals surface area contributed by atoms with Crippen LogP contribution in [0, 0.1) is 11.3 Å². The lowest BCUT2D eigenvalue weighted by molar-refractivity contribution is -0.180. The Morgan fingerprint density at radius 1 is 1.31 bits per heavy atom. The van der Waals surface area contributed by atoms with Crippen LogP contribution in [-0.4, -0.2) is 47.4 Å². The molecule has 3 aliphatic rings. The molecule has 0 bridgehead atoms. The third kappa shape index (κ3) is 3.12. The topological polar surface area (TPSA) is 76.1 Å². The molecule has 2 aliphatic heterocycles. The summed E-state index contributed by atoms with van der Waals surface area (Å²) in [6.07, 6.45) is 3.95. The highest BCUT2D eigenvalue weighted by Crippen LogP contribution is 2.59. The summed E-state index contributed by atoms with van der Waals surface area (Å²) in [4.78, 5) is 26.5. The van der Waals surface area contributed by atoms with Gasteiger partial charge in [-0.25, -0.2) is 0 Å². The predicted octanol–water partition coefficient (Wildman–Crippen LogP) is 2.42. The Morgan fingerprint density at radius 2 is 2.12 bits per heavy atom. The lowest BCUT2D eigenvalue weighted by Crippen LogP contribution is -2.52. The third-order valence-corrected chi connectivity index (χ3v) is 5.93. The van der Waals surface area contributed by atoms with E-state index in [9.17, 15) is 14.7 Å². The van der Waals surface area contributed by atoms with Crippen LogP contribution in [0.25, 0.3) is 0 Å². The smallest absolute Gasteiger partial charge is 0.319 e. The lowest BCUT2D eigenvalue weighted by atomic mass is 9.91. The van der Waals surface area contributed by atoms with Gasteiger partial charge in [-0.2, -0.15) is 0 Å². The molecule has 4 rings (SSSR count). The van der Waals surface area contributed by atoms with Gasteiger partial charge in [-0.05, 0) is 43.6 Å². The molecule has 6 heteroatoms. The van der Waals surface area contributed by atoms with Crippen molar-refractivity contribution < 1.29 is 24.2 Å². The minimum atomic E-state index is -1.20. The molecule has 0 radical (unpaired) electrons. The van der Waals surface area contributed by atoms with Gasteiger partial charge in [-0.15, -0.1) is 0 Å². The number of aliphatic carboxylic acids is 1. The minimum Gasteiger partial charge on any atom is -0.480 e. The summed E-state index contributed by atoms with van der Waals surface area (Å²) in [5, 5.41) is 9.61. The number of carbonyl (C=O) groups excluding carboxylic acids is 1. The number of carboxylic acid groups (broad SMARTS) is 1. The van der Waals surface area contributed by atoms with Crippen molar-refractivity contribution >= 4 is 11.9 Å². The first-order valence-corrected chi connectivity index (χ1v) is 9.43. The van der Waals surface area contributed by atoms with Crippen LogP contribution in [0.1, 0.15) is 37.7 Å². The number of amides is 1. The van der Waals surface area contributed by atoms with E-state index in [0.29, 0.717) is 32.6 Å². The van der Waals surface area contributed by atoms with E-state index in [1.54, 1.807) is 4.90 Å². The van der Waals surface area contributed by atoms with Crippen molar-refractivity contribution in [2.24, 2.45) is 11.3 Å². The molecule has 3 fully saturated rings. The molecule has 140 valence electrons. The summed E-state index contributed by atoms with van der Waals surface area (Å²) in [6, 6.07) is 9.60. The minimum absolute atomic E-state index is 0.0691. The van der Waals surface area contributed by atoms with Gasteiger partial charge in [0.15, 0.2) is 6.29 Å². The quantitative estimate of drug-likeness (QED) is 0.790. The van der Waals surface area contributed by atoms with E-state index in [2.05, 4.69) is 0 Å². The average molecular weight is 359 g/mol. The highest BCUT2D eigenvalue weighted by atomic mass is 16.7. The van der Waals surface area contributed by atoms with E-state index in [0.717, 1.165) is 24.8 Å². The van der Waals surface area contributed by atoms with Crippen LogP contribution in [0.3, 0.4) is 0 Å². The summed E-state index contributed by atoms with van der Waals surface area (Å²) in [5.74, 6) is -1.32. The standard InChI is InChI=1S/C20H25NO5/c22-18-20(19(23)24)11-15(20)10-16(13-26-17-8-4-5-9-25-17)21(18)12-14-6-2-1-3-7-14/h1-3,6-7,15-17H,4-5,8-13H2,(H,23,24). The van der Waals surface area contributed by atoms with Gasteiger partial charge in [0, 0.05) is 13.2 Å². The zero-order chi connectivity index (χ0) is 18.1. The Labute approximate surface area is 153 Å². The van der Waals surface area contributed by atoms with Crippen molar-refractivity contribution in [2.45, 2.75) is 51.0 Å². The monoisotopic (exact) mass is 359 g/mol. The number of hydrogen-bond acceptors (Lipinski definition) is 4. The Hall–Kier alpha value is -1.92. The molecule has 1 aliphatic carbocycles. The third-order valence-electron chi connectivity index (χ3n) is 5.93. The Bertz CT molecular complexity index is 672. The maximum absolute atomic E-state index is 13.1. The Balaban J connectivity index is 1.49. The number of fused-ring (bicyclic) bond motifs is 1. The lowest BCUT2D eigenvalue weighted by Gasteiger charge is -2.38. The van der Waals surface area contributed by atoms with Gasteiger partial charge < -0.3 is 19.5 Å². The van der Waals surface area contributed by atoms with Gasteiger partial charge in [0.1, 0.15) is 5.41 Å². The first-order chi connectivity index (χ1) is 12.6. The number of rotatable bonds is 6. The Kier molecular flexibility index (Phi) is 4.71. The summed E-state index contributed by atoms with van der Waals surface area (Å²) in [6.45, 7) is 1.53. The van der Waals surface area contributed by atoms with E-state index < -0.39 is 11.4 Å². The number of nitrogens with zero attached hydrogens (tertiary/aromatic N) is 1. The summed E-state index contributed by atoms with van der Waals surface area (Å²) < 4.78 is 11.6. The molecule has 0 spiro atoms. The van der Waals surface area contributed by atoms with Crippen LogP contribution in [0.2, 0.25) is 0 Å². The maximum atomic E-state index is 13.1. The molecule has 0 aromatic heterocycles. The normalized spacial score (nSPS) is 33.6. The molecule has 1 aromatic carbocycles. The van der Waals surface area contributed by atoms with Gasteiger partial charge in [0.25, 0.3) is 0 Å². The van der Waals surface area contributed by atoms with Gasteiger partial charge in [0.05, 0.1) is 12.6 Å². The van der Waals surface area contributed by atoms with E-state index in [4.69, 9.17) is 9.47 Å². The first kappa shape index (κ1) is 17.5. The first-order valence-electron chi connectivity index (χ1n) is 9.43. The maximum Gasteiger partial charge on any atom is 0.319 e. The molecule has 6 nitrogen and oxygen atoms in total. The fourth-order valence-electron chi connectivity index (χ4n) is 4.31. The SMILES string of the molecule is O=C(O)C12CC1CC(COC1CCCCO1)N(Cc1ccccc1)C2=O. The van der Waals surface area contributed by atoms with Gasteiger partial charge in [0.2, 0.25) is 5.91 Å². The predicted molar refractivity (Wildman–Crippen MR) is 93.1 cm³/mol. The van der Waals surface area contributed by atoms with Crippen molar-refractivity contribution in [3.63, 3.8) is 0 Å². The fraction of sp³-hybridized carbons (Fsp3) is 0.600. The number of benzene rings is 1. The number of likely N-dealkylation sites (tertiary alicyclic amines) is 1. The molecule has 2 saturated heterocycles. The number of hydrogen-bond donors (Lipinski definition) is 1.